The van der Waals surface area contributed by atoms with Gasteiger partial charge in [0.15, 0.2) is 0 Å². The van der Waals surface area contributed by atoms with Gasteiger partial charge >= 0.3 is 0 Å². The summed E-state index contributed by atoms with van der Waals surface area (Å²) in [4.78, 5) is 0. The molecule has 7 heteroatoms. The number of benzene rings is 1. The van der Waals surface area contributed by atoms with Crippen molar-refractivity contribution in [2.24, 2.45) is 0 Å². The number of nitrogen functional groups attached to an aromatic ring is 1. The van der Waals surface area contributed by atoms with E-state index in [9.17, 15) is 8.78 Å². The Morgan fingerprint density at radius 2 is 2.16 bits per heavy atom. The fourth-order valence-electron chi connectivity index (χ4n) is 2.57. The van der Waals surface area contributed by atoms with Crippen LogP contribution in [0.25, 0.3) is 0 Å². The van der Waals surface area contributed by atoms with Gasteiger partial charge in [0.05, 0.1) is 6.04 Å². The zero-order valence-electron chi connectivity index (χ0n) is 10.0. The lowest BCUT2D eigenvalue weighted by Crippen LogP contribution is -2.21. The molecule has 1 aliphatic rings. The van der Waals surface area contributed by atoms with Crippen LogP contribution in [-0.2, 0) is 12.8 Å². The molecule has 0 aliphatic heterocycles. The lowest BCUT2D eigenvalue weighted by atomic mass is 9.88. The van der Waals surface area contributed by atoms with E-state index in [1.807, 2.05) is 0 Å². The molecule has 100 valence electrons. The van der Waals surface area contributed by atoms with Crippen LogP contribution in [0.5, 0.6) is 0 Å². The summed E-state index contributed by atoms with van der Waals surface area (Å²) in [6.45, 7) is 0. The van der Waals surface area contributed by atoms with E-state index in [2.05, 4.69) is 5.10 Å². The molecule has 0 fully saturated rings. The summed E-state index contributed by atoms with van der Waals surface area (Å²) < 4.78 is 30.2. The van der Waals surface area contributed by atoms with Crippen molar-refractivity contribution in [3.8, 4) is 0 Å². The lowest BCUT2D eigenvalue weighted by molar-refractivity contribution is 0.390. The van der Waals surface area contributed by atoms with Crippen molar-refractivity contribution in [3.05, 3.63) is 46.0 Å². The van der Waals surface area contributed by atoms with Gasteiger partial charge in [0, 0.05) is 6.07 Å². The van der Waals surface area contributed by atoms with Gasteiger partial charge in [-0.05, 0) is 48.7 Å². The maximum absolute atomic E-state index is 13.6. The van der Waals surface area contributed by atoms with E-state index in [1.165, 1.54) is 17.1 Å². The topological polar surface area (TPSA) is 48.8 Å². The van der Waals surface area contributed by atoms with Crippen LogP contribution < -0.4 is 5.84 Å². The minimum absolute atomic E-state index is 0.00833. The third-order valence-corrected chi connectivity index (χ3v) is 3.90. The Bertz CT molecular complexity index is 692. The Labute approximate surface area is 113 Å². The molecule has 0 radical (unpaired) electrons. The van der Waals surface area contributed by atoms with Crippen LogP contribution in [0.15, 0.2) is 18.5 Å². The standard InChI is InChI=1S/C12H12F2N4S/c13-8-3-7-4-9(1-2-10(7)11(14)5-8)18-12(19)17(15)6-16-18/h3,5-6,9H,1-2,4,15H2/t9-/m0/s1. The van der Waals surface area contributed by atoms with E-state index < -0.39 is 11.6 Å². The fourth-order valence-corrected chi connectivity index (χ4v) is 2.82. The average molecular weight is 282 g/mol. The van der Waals surface area contributed by atoms with E-state index in [1.54, 1.807) is 4.68 Å². The summed E-state index contributed by atoms with van der Waals surface area (Å²) >= 11 is 5.15. The number of hydrogen-bond acceptors (Lipinski definition) is 3. The summed E-state index contributed by atoms with van der Waals surface area (Å²) in [5.74, 6) is 4.58. The molecule has 0 bridgehead atoms. The molecule has 0 amide bonds. The first-order valence-corrected chi connectivity index (χ1v) is 6.35. The van der Waals surface area contributed by atoms with Gasteiger partial charge in [0.1, 0.15) is 18.0 Å². The molecular weight excluding hydrogens is 270 g/mol. The van der Waals surface area contributed by atoms with Gasteiger partial charge in [-0.1, -0.05) is 0 Å². The third kappa shape index (κ3) is 2.03. The van der Waals surface area contributed by atoms with Crippen molar-refractivity contribution in [1.29, 1.82) is 0 Å². The average Bonchev–Trinajstić information content (AvgIpc) is 2.69. The zero-order chi connectivity index (χ0) is 13.6. The van der Waals surface area contributed by atoms with Crippen molar-refractivity contribution in [1.82, 2.24) is 14.5 Å². The molecule has 0 unspecified atom stereocenters. The van der Waals surface area contributed by atoms with Gasteiger partial charge in [0.25, 0.3) is 0 Å². The Hall–Kier alpha value is -1.76. The summed E-state index contributed by atoms with van der Waals surface area (Å²) in [5.41, 5.74) is 1.28. The fraction of sp³-hybridized carbons (Fsp3) is 0.333. The van der Waals surface area contributed by atoms with E-state index in [-0.39, 0.29) is 6.04 Å². The Balaban J connectivity index is 1.98. The molecule has 3 rings (SSSR count). The van der Waals surface area contributed by atoms with E-state index >= 15 is 0 Å². The van der Waals surface area contributed by atoms with Crippen molar-refractivity contribution < 1.29 is 8.78 Å². The molecule has 1 aromatic heterocycles. The third-order valence-electron chi connectivity index (χ3n) is 3.50. The van der Waals surface area contributed by atoms with Gasteiger partial charge < -0.3 is 5.84 Å². The van der Waals surface area contributed by atoms with E-state index in [4.69, 9.17) is 18.1 Å². The molecule has 0 saturated carbocycles. The number of nitrogens with zero attached hydrogens (tertiary/aromatic N) is 3. The summed E-state index contributed by atoms with van der Waals surface area (Å²) in [6, 6.07) is 2.30. The molecular formula is C12H12F2N4S. The molecule has 1 atom stereocenters. The zero-order valence-corrected chi connectivity index (χ0v) is 10.8. The molecule has 4 nitrogen and oxygen atoms in total. The number of fused-ring (bicyclic) bond motifs is 1. The van der Waals surface area contributed by atoms with Crippen LogP contribution in [0.4, 0.5) is 8.78 Å². The van der Waals surface area contributed by atoms with Gasteiger partial charge in [0.2, 0.25) is 4.77 Å². The maximum Gasteiger partial charge on any atom is 0.216 e. The molecule has 19 heavy (non-hydrogen) atoms. The van der Waals surface area contributed by atoms with Crippen molar-refractivity contribution in [2.75, 3.05) is 5.84 Å². The van der Waals surface area contributed by atoms with Gasteiger partial charge in [-0.3, -0.25) is 0 Å². The van der Waals surface area contributed by atoms with Gasteiger partial charge in [-0.15, -0.1) is 0 Å². The van der Waals surface area contributed by atoms with Crippen molar-refractivity contribution in [3.63, 3.8) is 0 Å². The summed E-state index contributed by atoms with van der Waals surface area (Å²) in [6.07, 6.45) is 3.20. The van der Waals surface area contributed by atoms with Crippen molar-refractivity contribution in [2.45, 2.75) is 25.3 Å². The Kier molecular flexibility index (Phi) is 2.85. The van der Waals surface area contributed by atoms with Crippen LogP contribution in [-0.4, -0.2) is 14.5 Å². The second kappa shape index (κ2) is 4.41. The first kappa shape index (κ1) is 12.3. The minimum atomic E-state index is -0.551. The Morgan fingerprint density at radius 3 is 2.84 bits per heavy atom. The van der Waals surface area contributed by atoms with Crippen LogP contribution in [0.3, 0.4) is 0 Å². The highest BCUT2D eigenvalue weighted by Gasteiger charge is 2.24. The minimum Gasteiger partial charge on any atom is -0.336 e. The highest BCUT2D eigenvalue weighted by atomic mass is 32.1. The normalized spacial score (nSPS) is 18.3. The monoisotopic (exact) mass is 282 g/mol. The number of nitrogens with two attached hydrogens (primary N) is 1. The molecule has 2 aromatic rings. The molecule has 1 aliphatic carbocycles. The molecule has 2 N–H and O–H groups in total. The highest BCUT2D eigenvalue weighted by molar-refractivity contribution is 7.71. The van der Waals surface area contributed by atoms with Crippen LogP contribution in [0.1, 0.15) is 23.6 Å². The second-order valence-electron chi connectivity index (χ2n) is 4.69. The van der Waals surface area contributed by atoms with Gasteiger partial charge in [-0.25, -0.2) is 18.1 Å². The molecule has 0 spiro atoms. The SMILES string of the molecule is Nn1cnn([C@H]2CCc3c(F)cc(F)cc3C2)c1=S. The predicted molar refractivity (Wildman–Crippen MR) is 68.6 cm³/mol. The first-order valence-electron chi connectivity index (χ1n) is 5.94. The van der Waals surface area contributed by atoms with E-state index in [0.717, 1.165) is 6.07 Å². The quantitative estimate of drug-likeness (QED) is 0.644. The number of halogens is 2. The number of rotatable bonds is 1. The Morgan fingerprint density at radius 1 is 1.37 bits per heavy atom. The molecule has 1 aromatic carbocycles. The van der Waals surface area contributed by atoms with Crippen LogP contribution >= 0.6 is 12.2 Å². The lowest BCUT2D eigenvalue weighted by Gasteiger charge is -2.25. The van der Waals surface area contributed by atoms with Crippen LogP contribution in [0.2, 0.25) is 0 Å². The summed E-state index contributed by atoms with van der Waals surface area (Å²) in [5, 5.41) is 4.12. The smallest absolute Gasteiger partial charge is 0.216 e. The molecule has 1 heterocycles. The molecule has 0 saturated heterocycles. The van der Waals surface area contributed by atoms with E-state index in [0.29, 0.717) is 35.2 Å². The number of hydrogen-bond donors (Lipinski definition) is 1. The first-order chi connectivity index (χ1) is 9.06. The van der Waals surface area contributed by atoms with Crippen molar-refractivity contribution >= 4 is 12.2 Å². The maximum atomic E-state index is 13.6. The summed E-state index contributed by atoms with van der Waals surface area (Å²) in [7, 11) is 0. The number of aromatic nitrogens is 3. The highest BCUT2D eigenvalue weighted by Crippen LogP contribution is 2.30. The predicted octanol–water partition coefficient (Wildman–Crippen LogP) is 2.14. The van der Waals surface area contributed by atoms with Crippen LogP contribution in [0, 0.1) is 16.4 Å². The largest absolute Gasteiger partial charge is 0.336 e. The second-order valence-corrected chi connectivity index (χ2v) is 5.05. The van der Waals surface area contributed by atoms with Gasteiger partial charge in [-0.2, -0.15) is 5.10 Å².